The van der Waals surface area contributed by atoms with Gasteiger partial charge in [0, 0.05) is 0 Å². The van der Waals surface area contributed by atoms with Crippen molar-refractivity contribution >= 4 is 7.82 Å². The first-order valence-electron chi connectivity index (χ1n) is 6.10. The summed E-state index contributed by atoms with van der Waals surface area (Å²) in [6.07, 6.45) is -15.6. The Morgan fingerprint density at radius 1 is 0.846 bits per heavy atom. The van der Waals surface area contributed by atoms with Gasteiger partial charge in [-0.25, -0.2) is 8.96 Å². The van der Waals surface area contributed by atoms with E-state index in [0.29, 0.717) is 6.07 Å². The summed E-state index contributed by atoms with van der Waals surface area (Å²) in [5, 5.41) is 0. The lowest BCUT2D eigenvalue weighted by Gasteiger charge is -2.20. The Kier molecular flexibility index (Phi) is 6.59. The highest BCUT2D eigenvalue weighted by Crippen LogP contribution is 2.52. The van der Waals surface area contributed by atoms with Gasteiger partial charge < -0.3 is 4.52 Å². The molecule has 0 saturated heterocycles. The average Bonchev–Trinajstić information content (AvgIpc) is 2.43. The molecule has 0 aromatic heterocycles. The minimum absolute atomic E-state index is 0.129. The number of alkyl halides is 9. The zero-order valence-corrected chi connectivity index (χ0v) is 12.9. The fourth-order valence-electron chi connectivity index (χ4n) is 1.30. The van der Waals surface area contributed by atoms with Crippen LogP contribution in [-0.2, 0) is 19.8 Å². The molecule has 0 N–H and O–H groups in total. The first-order valence-corrected chi connectivity index (χ1v) is 7.56. The first-order chi connectivity index (χ1) is 11.5. The number of hydrogen-bond acceptors (Lipinski definition) is 4. The third kappa shape index (κ3) is 7.79. The van der Waals surface area contributed by atoms with Crippen LogP contribution >= 0.6 is 7.82 Å². The Hall–Kier alpha value is -1.53. The standard InChI is InChI=1S/C11H7F10O4P/c12-8-2-1-6(3-7(8)11(19,20)21)25-26(22,23-4-9(13,14)15)24-5-10(16,17)18/h1-3H,4-5H2. The third-order valence-electron chi connectivity index (χ3n) is 2.23. The Balaban J connectivity index is 3.10. The Morgan fingerprint density at radius 2 is 1.31 bits per heavy atom. The third-order valence-corrected chi connectivity index (χ3v) is 3.56. The van der Waals surface area contributed by atoms with Crippen molar-refractivity contribution < 1.29 is 62.0 Å². The summed E-state index contributed by atoms with van der Waals surface area (Å²) >= 11 is 0. The van der Waals surface area contributed by atoms with Crippen molar-refractivity contribution in [3.63, 3.8) is 0 Å². The average molecular weight is 424 g/mol. The molecule has 0 radical (unpaired) electrons. The molecule has 0 fully saturated rings. The number of rotatable bonds is 6. The van der Waals surface area contributed by atoms with E-state index in [1.54, 1.807) is 0 Å². The molecule has 0 atom stereocenters. The molecular weight excluding hydrogens is 417 g/mol. The lowest BCUT2D eigenvalue weighted by Crippen LogP contribution is -2.21. The summed E-state index contributed by atoms with van der Waals surface area (Å²) in [4.78, 5) is 0. The minimum Gasteiger partial charge on any atom is -0.404 e. The van der Waals surface area contributed by atoms with Gasteiger partial charge in [0.15, 0.2) is 13.2 Å². The minimum atomic E-state index is -5.65. The maximum atomic E-state index is 13.1. The van der Waals surface area contributed by atoms with E-state index in [1.807, 2.05) is 0 Å². The predicted octanol–water partition coefficient (Wildman–Crippen LogP) is 5.49. The van der Waals surface area contributed by atoms with Gasteiger partial charge in [-0.05, 0) is 18.2 Å². The molecule has 1 aromatic carbocycles. The number of benzene rings is 1. The number of halogens is 10. The van der Waals surface area contributed by atoms with Gasteiger partial charge in [0.05, 0.1) is 5.56 Å². The molecule has 0 heterocycles. The van der Waals surface area contributed by atoms with Crippen LogP contribution in [0.1, 0.15) is 5.56 Å². The second-order valence-electron chi connectivity index (χ2n) is 4.46. The van der Waals surface area contributed by atoms with Crippen LogP contribution < -0.4 is 4.52 Å². The van der Waals surface area contributed by atoms with Gasteiger partial charge in [0.2, 0.25) is 0 Å². The van der Waals surface area contributed by atoms with Gasteiger partial charge in [-0.2, -0.15) is 39.5 Å². The van der Waals surface area contributed by atoms with Gasteiger partial charge in [0.25, 0.3) is 0 Å². The zero-order chi connectivity index (χ0) is 20.4. The van der Waals surface area contributed by atoms with Gasteiger partial charge in [-0.1, -0.05) is 0 Å². The monoisotopic (exact) mass is 424 g/mol. The van der Waals surface area contributed by atoms with E-state index in [4.69, 9.17) is 0 Å². The SMILES string of the molecule is O=P(OCC(F)(F)F)(OCC(F)(F)F)Oc1ccc(F)c(C(F)(F)F)c1. The molecule has 0 aliphatic rings. The van der Waals surface area contributed by atoms with E-state index >= 15 is 0 Å². The van der Waals surface area contributed by atoms with Crippen LogP contribution in [0.4, 0.5) is 43.9 Å². The molecule has 1 rings (SSSR count). The highest BCUT2D eigenvalue weighted by molar-refractivity contribution is 7.48. The molecule has 15 heteroatoms. The van der Waals surface area contributed by atoms with Crippen molar-refractivity contribution in [2.75, 3.05) is 13.2 Å². The van der Waals surface area contributed by atoms with Crippen LogP contribution in [0.15, 0.2) is 18.2 Å². The molecule has 0 aliphatic heterocycles. The van der Waals surface area contributed by atoms with E-state index in [2.05, 4.69) is 13.6 Å². The van der Waals surface area contributed by atoms with Crippen molar-refractivity contribution in [1.29, 1.82) is 0 Å². The summed E-state index contributed by atoms with van der Waals surface area (Å²) in [5.41, 5.74) is -1.96. The molecule has 0 aliphatic carbocycles. The second kappa shape index (κ2) is 7.61. The Labute approximate surface area is 138 Å². The van der Waals surface area contributed by atoms with Gasteiger partial charge in [-0.3, -0.25) is 9.05 Å². The fourth-order valence-corrected chi connectivity index (χ4v) is 2.46. The maximum absolute atomic E-state index is 13.1. The molecule has 0 saturated carbocycles. The summed E-state index contributed by atoms with van der Waals surface area (Å²) < 4.78 is 147. The lowest BCUT2D eigenvalue weighted by atomic mass is 10.2. The summed E-state index contributed by atoms with van der Waals surface area (Å²) in [7, 11) is -5.65. The van der Waals surface area contributed by atoms with Gasteiger partial charge in [-0.15, -0.1) is 0 Å². The molecule has 1 aromatic rings. The number of phosphoric acid groups is 1. The van der Waals surface area contributed by atoms with E-state index < -0.39 is 56.7 Å². The van der Waals surface area contributed by atoms with Crippen LogP contribution in [0.25, 0.3) is 0 Å². The van der Waals surface area contributed by atoms with Crippen LogP contribution in [-0.4, -0.2) is 25.6 Å². The highest BCUT2D eigenvalue weighted by atomic mass is 31.2. The Morgan fingerprint density at radius 3 is 1.69 bits per heavy atom. The Bertz CT molecular complexity index is 644. The van der Waals surface area contributed by atoms with E-state index in [9.17, 15) is 48.5 Å². The molecule has 0 amide bonds. The lowest BCUT2D eigenvalue weighted by molar-refractivity contribution is -0.168. The van der Waals surface area contributed by atoms with Crippen molar-refractivity contribution in [2.45, 2.75) is 18.5 Å². The number of phosphoric ester groups is 1. The second-order valence-corrected chi connectivity index (χ2v) is 6.05. The van der Waals surface area contributed by atoms with Crippen molar-refractivity contribution in [1.82, 2.24) is 0 Å². The summed E-state index contributed by atoms with van der Waals surface area (Å²) in [6.45, 7) is -4.76. The highest BCUT2D eigenvalue weighted by Gasteiger charge is 2.41. The van der Waals surface area contributed by atoms with Crippen molar-refractivity contribution in [2.24, 2.45) is 0 Å². The molecule has 4 nitrogen and oxygen atoms in total. The first kappa shape index (κ1) is 22.5. The van der Waals surface area contributed by atoms with Crippen molar-refractivity contribution in [3.8, 4) is 5.75 Å². The topological polar surface area (TPSA) is 44.8 Å². The van der Waals surface area contributed by atoms with Gasteiger partial charge >= 0.3 is 26.4 Å². The van der Waals surface area contributed by atoms with Crippen LogP contribution in [0.2, 0.25) is 0 Å². The molecular formula is C11H7F10O4P. The quantitative estimate of drug-likeness (QED) is 0.448. The molecule has 26 heavy (non-hydrogen) atoms. The van der Waals surface area contributed by atoms with E-state index in [0.717, 1.165) is 0 Å². The van der Waals surface area contributed by atoms with Gasteiger partial charge in [0.1, 0.15) is 11.6 Å². The molecule has 0 bridgehead atoms. The van der Waals surface area contributed by atoms with E-state index in [1.165, 1.54) is 0 Å². The molecule has 0 spiro atoms. The number of hydrogen-bond donors (Lipinski definition) is 0. The molecule has 150 valence electrons. The van der Waals surface area contributed by atoms with Crippen LogP contribution in [0.3, 0.4) is 0 Å². The smallest absolute Gasteiger partial charge is 0.404 e. The van der Waals surface area contributed by atoms with Crippen molar-refractivity contribution in [3.05, 3.63) is 29.6 Å². The van der Waals surface area contributed by atoms with Crippen LogP contribution in [0, 0.1) is 5.82 Å². The summed E-state index contributed by atoms with van der Waals surface area (Å²) in [6, 6.07) is 0.400. The summed E-state index contributed by atoms with van der Waals surface area (Å²) in [5.74, 6) is -3.00. The van der Waals surface area contributed by atoms with E-state index in [-0.39, 0.29) is 12.1 Å². The molecule has 0 unspecified atom stereocenters. The maximum Gasteiger partial charge on any atom is 0.530 e. The normalized spacial score (nSPS) is 13.8. The fraction of sp³-hybridized carbons (Fsp3) is 0.455. The largest absolute Gasteiger partial charge is 0.530 e. The zero-order valence-electron chi connectivity index (χ0n) is 12.0. The predicted molar refractivity (Wildman–Crippen MR) is 63.7 cm³/mol. The van der Waals surface area contributed by atoms with Crippen LogP contribution in [0.5, 0.6) is 5.75 Å².